The summed E-state index contributed by atoms with van der Waals surface area (Å²) in [7, 11) is -4.94. The number of esters is 1. The van der Waals surface area contributed by atoms with Gasteiger partial charge in [-0.3, -0.25) is 9.36 Å². The minimum Gasteiger partial charge on any atom is -0.462 e. The number of benzene rings is 2. The summed E-state index contributed by atoms with van der Waals surface area (Å²) in [6, 6.07) is 15.3. The molecule has 170 valence electrons. The number of hydrogen-bond donors (Lipinski definition) is 1. The first-order valence-electron chi connectivity index (χ1n) is 10.1. The van der Waals surface area contributed by atoms with Gasteiger partial charge in [-0.2, -0.15) is 8.78 Å². The summed E-state index contributed by atoms with van der Waals surface area (Å²) in [5, 5.41) is 2.39. The van der Waals surface area contributed by atoms with Crippen LogP contribution >= 0.6 is 7.52 Å². The Morgan fingerprint density at radius 3 is 2.00 bits per heavy atom. The molecule has 0 radical (unpaired) electrons. The van der Waals surface area contributed by atoms with Crippen molar-refractivity contribution in [2.24, 2.45) is 5.41 Å². The predicted octanol–water partition coefficient (Wildman–Crippen LogP) is 6.05. The van der Waals surface area contributed by atoms with Gasteiger partial charge in [-0.1, -0.05) is 69.3 Å². The normalized spacial score (nSPS) is 15.2. The molecule has 2 atom stereocenters. The van der Waals surface area contributed by atoms with E-state index in [0.717, 1.165) is 0 Å². The van der Waals surface area contributed by atoms with Crippen LogP contribution in [0.4, 0.5) is 8.78 Å². The van der Waals surface area contributed by atoms with Gasteiger partial charge in [-0.15, -0.1) is 0 Å². The third-order valence-electron chi connectivity index (χ3n) is 4.49. The number of carbonyl (C=O) groups excluding carboxylic acids is 1. The molecule has 0 aliphatic rings. The lowest BCUT2D eigenvalue weighted by Gasteiger charge is -2.37. The monoisotopic (exact) mass is 453 g/mol. The number of carbonyl (C=O) groups is 1. The van der Waals surface area contributed by atoms with E-state index in [2.05, 4.69) is 5.09 Å². The fourth-order valence-corrected chi connectivity index (χ4v) is 5.03. The number of rotatable bonds is 9. The minimum absolute atomic E-state index is 0.00869. The Balaban J connectivity index is 2.47. The molecule has 2 rings (SSSR count). The highest BCUT2D eigenvalue weighted by Crippen LogP contribution is 2.64. The first kappa shape index (κ1) is 25.0. The fourth-order valence-electron chi connectivity index (χ4n) is 2.79. The molecule has 1 unspecified atom stereocenters. The van der Waals surface area contributed by atoms with Crippen molar-refractivity contribution in [3.63, 3.8) is 0 Å². The Labute approximate surface area is 182 Å². The highest BCUT2D eigenvalue weighted by molar-refractivity contribution is 7.58. The topological polar surface area (TPSA) is 64.6 Å². The van der Waals surface area contributed by atoms with Crippen LogP contribution in [0.2, 0.25) is 0 Å². The van der Waals surface area contributed by atoms with Gasteiger partial charge in [0.25, 0.3) is 0 Å². The number of para-hydroxylation sites is 1. The van der Waals surface area contributed by atoms with E-state index in [0.29, 0.717) is 5.56 Å². The maximum absolute atomic E-state index is 15.5. The first-order valence-corrected chi connectivity index (χ1v) is 11.7. The van der Waals surface area contributed by atoms with Crippen LogP contribution in [0.5, 0.6) is 5.75 Å². The fraction of sp³-hybridized carbons (Fsp3) is 0.435. The highest BCUT2D eigenvalue weighted by Gasteiger charge is 2.62. The number of alkyl halides is 2. The molecular formula is C23H30F2NO4P. The van der Waals surface area contributed by atoms with Crippen molar-refractivity contribution in [1.29, 1.82) is 0 Å². The lowest BCUT2D eigenvalue weighted by atomic mass is 9.97. The zero-order valence-corrected chi connectivity index (χ0v) is 19.4. The van der Waals surface area contributed by atoms with Crippen LogP contribution in [0.1, 0.15) is 40.2 Å². The third-order valence-corrected chi connectivity index (χ3v) is 7.02. The summed E-state index contributed by atoms with van der Waals surface area (Å²) in [6.07, 6.45) is -0.459. The van der Waals surface area contributed by atoms with Gasteiger partial charge < -0.3 is 9.26 Å². The standard InChI is InChI=1S/C23H30F2NO4P/c1-17(2)29-21(27)20(16-18-12-8-6-9-13-18)26-31(28,23(24,25)22(3,4)5)30-19-14-10-7-11-15-19/h6-15,17,20H,16H2,1-5H3,(H,26,28)/t20-,31?/m0/s1. The van der Waals surface area contributed by atoms with Crippen LogP contribution in [0.25, 0.3) is 0 Å². The van der Waals surface area contributed by atoms with Crippen molar-refractivity contribution in [2.45, 2.75) is 58.8 Å². The lowest BCUT2D eigenvalue weighted by Crippen LogP contribution is -2.47. The number of halogens is 2. The maximum Gasteiger partial charge on any atom is 0.386 e. The highest BCUT2D eigenvalue weighted by atomic mass is 31.2. The predicted molar refractivity (Wildman–Crippen MR) is 117 cm³/mol. The van der Waals surface area contributed by atoms with E-state index in [1.807, 2.05) is 0 Å². The van der Waals surface area contributed by atoms with Crippen molar-refractivity contribution in [3.8, 4) is 5.75 Å². The van der Waals surface area contributed by atoms with E-state index in [1.165, 1.54) is 32.9 Å². The van der Waals surface area contributed by atoms with Crippen molar-refractivity contribution in [2.75, 3.05) is 0 Å². The lowest BCUT2D eigenvalue weighted by molar-refractivity contribution is -0.149. The van der Waals surface area contributed by atoms with Gasteiger partial charge in [0.1, 0.15) is 11.8 Å². The summed E-state index contributed by atoms with van der Waals surface area (Å²) >= 11 is 0. The van der Waals surface area contributed by atoms with E-state index < -0.39 is 36.7 Å². The minimum atomic E-state index is -4.94. The van der Waals surface area contributed by atoms with Crippen molar-refractivity contribution in [1.82, 2.24) is 5.09 Å². The summed E-state index contributed by atoms with van der Waals surface area (Å²) in [4.78, 5) is 12.8. The molecule has 2 aromatic rings. The zero-order chi connectivity index (χ0) is 23.3. The van der Waals surface area contributed by atoms with Gasteiger partial charge in [0.05, 0.1) is 6.10 Å². The van der Waals surface area contributed by atoms with Crippen LogP contribution in [-0.4, -0.2) is 23.8 Å². The molecule has 0 amide bonds. The van der Waals surface area contributed by atoms with E-state index >= 15 is 8.78 Å². The SMILES string of the molecule is CC(C)OC(=O)[C@H](Cc1ccccc1)NP(=O)(Oc1ccccc1)C(F)(F)C(C)(C)C. The third kappa shape index (κ3) is 6.37. The zero-order valence-electron chi connectivity index (χ0n) is 18.5. The van der Waals surface area contributed by atoms with Gasteiger partial charge in [0.15, 0.2) is 0 Å². The first-order chi connectivity index (χ1) is 14.4. The Kier molecular flexibility index (Phi) is 8.01. The molecule has 0 aliphatic carbocycles. The van der Waals surface area contributed by atoms with Crippen LogP contribution < -0.4 is 9.61 Å². The molecule has 0 spiro atoms. The van der Waals surface area contributed by atoms with Crippen LogP contribution in [-0.2, 0) is 20.5 Å². The quantitative estimate of drug-likeness (QED) is 0.370. The summed E-state index contributed by atoms with van der Waals surface area (Å²) < 4.78 is 55.4. The molecule has 31 heavy (non-hydrogen) atoms. The van der Waals surface area contributed by atoms with Gasteiger partial charge in [0, 0.05) is 5.41 Å². The Morgan fingerprint density at radius 2 is 1.52 bits per heavy atom. The van der Waals surface area contributed by atoms with E-state index in [-0.39, 0.29) is 12.2 Å². The molecule has 1 N–H and O–H groups in total. The molecule has 0 aliphatic heterocycles. The second-order valence-corrected chi connectivity index (χ2v) is 10.7. The Bertz CT molecular complexity index is 899. The maximum atomic E-state index is 15.5. The molecule has 5 nitrogen and oxygen atoms in total. The van der Waals surface area contributed by atoms with Crippen LogP contribution in [0.15, 0.2) is 60.7 Å². The Morgan fingerprint density at radius 1 is 1.00 bits per heavy atom. The smallest absolute Gasteiger partial charge is 0.386 e. The second-order valence-electron chi connectivity index (χ2n) is 8.60. The molecular weight excluding hydrogens is 423 g/mol. The molecule has 0 heterocycles. The second kappa shape index (κ2) is 9.92. The van der Waals surface area contributed by atoms with Crippen LogP contribution in [0, 0.1) is 5.41 Å². The molecule has 8 heteroatoms. The van der Waals surface area contributed by atoms with Gasteiger partial charge in [-0.05, 0) is 38.0 Å². The number of hydrogen-bond acceptors (Lipinski definition) is 4. The van der Waals surface area contributed by atoms with Gasteiger partial charge in [-0.25, -0.2) is 5.09 Å². The molecule has 0 fully saturated rings. The molecule has 0 saturated carbocycles. The van der Waals surface area contributed by atoms with Crippen LogP contribution in [0.3, 0.4) is 0 Å². The van der Waals surface area contributed by atoms with E-state index in [1.54, 1.807) is 62.4 Å². The van der Waals surface area contributed by atoms with Gasteiger partial charge >= 0.3 is 19.2 Å². The number of ether oxygens (including phenoxy) is 1. The van der Waals surface area contributed by atoms with Crippen molar-refractivity contribution in [3.05, 3.63) is 66.2 Å². The van der Waals surface area contributed by atoms with Crippen molar-refractivity contribution < 1.29 is 27.4 Å². The van der Waals surface area contributed by atoms with E-state index in [9.17, 15) is 9.36 Å². The largest absolute Gasteiger partial charge is 0.462 e. The number of nitrogens with one attached hydrogen (secondary N) is 1. The molecule has 2 aromatic carbocycles. The average molecular weight is 453 g/mol. The van der Waals surface area contributed by atoms with Gasteiger partial charge in [0.2, 0.25) is 0 Å². The summed E-state index contributed by atoms with van der Waals surface area (Å²) in [5.74, 6) is -0.765. The Hall–Kier alpha value is -2.24. The summed E-state index contributed by atoms with van der Waals surface area (Å²) in [6.45, 7) is 7.12. The molecule has 0 bridgehead atoms. The average Bonchev–Trinajstić information content (AvgIpc) is 2.67. The van der Waals surface area contributed by atoms with E-state index in [4.69, 9.17) is 9.26 Å². The molecule has 0 aromatic heterocycles. The summed E-state index contributed by atoms with van der Waals surface area (Å²) in [5.41, 5.74) is -4.79. The van der Waals surface area contributed by atoms with Crippen molar-refractivity contribution >= 4 is 13.5 Å². The molecule has 0 saturated heterocycles.